The van der Waals surface area contributed by atoms with Gasteiger partial charge in [-0.2, -0.15) is 0 Å². The first-order valence-electron chi connectivity index (χ1n) is 4.19. The number of benzene rings is 1. The van der Waals surface area contributed by atoms with Gasteiger partial charge in [0.25, 0.3) is 5.69 Å². The van der Waals surface area contributed by atoms with Crippen LogP contribution in [-0.4, -0.2) is 11.0 Å². The Morgan fingerprint density at radius 2 is 2.29 bits per heavy atom. The standard InChI is InChI=1S/C9H11BrN2O2/c1-6(11)4-7-5-8(10)2-3-9(7)12(13)14/h2-3,5-6H,4,11H2,1H3. The topological polar surface area (TPSA) is 69.2 Å². The SMILES string of the molecule is CC(N)Cc1cc(Br)ccc1[N+](=O)[O-]. The van der Waals surface area contributed by atoms with E-state index in [2.05, 4.69) is 15.9 Å². The van der Waals surface area contributed by atoms with Crippen LogP contribution in [0.3, 0.4) is 0 Å². The largest absolute Gasteiger partial charge is 0.328 e. The Morgan fingerprint density at radius 1 is 1.64 bits per heavy atom. The first-order valence-corrected chi connectivity index (χ1v) is 4.98. The maximum atomic E-state index is 10.7. The molecule has 2 N–H and O–H groups in total. The monoisotopic (exact) mass is 258 g/mol. The minimum Gasteiger partial charge on any atom is -0.328 e. The average molecular weight is 259 g/mol. The fraction of sp³-hybridized carbons (Fsp3) is 0.333. The van der Waals surface area contributed by atoms with Crippen LogP contribution in [0.25, 0.3) is 0 Å². The third kappa shape index (κ3) is 2.78. The molecule has 0 aliphatic heterocycles. The van der Waals surface area contributed by atoms with E-state index in [0.29, 0.717) is 12.0 Å². The molecule has 1 rings (SSSR count). The Balaban J connectivity index is 3.09. The summed E-state index contributed by atoms with van der Waals surface area (Å²) >= 11 is 3.27. The zero-order valence-electron chi connectivity index (χ0n) is 7.74. The van der Waals surface area contributed by atoms with E-state index in [0.717, 1.165) is 4.47 Å². The summed E-state index contributed by atoms with van der Waals surface area (Å²) in [6.45, 7) is 1.82. The lowest BCUT2D eigenvalue weighted by Crippen LogP contribution is -2.18. The summed E-state index contributed by atoms with van der Waals surface area (Å²) in [7, 11) is 0. The van der Waals surface area contributed by atoms with Crippen LogP contribution in [0.2, 0.25) is 0 Å². The van der Waals surface area contributed by atoms with Gasteiger partial charge in [0, 0.05) is 22.1 Å². The van der Waals surface area contributed by atoms with Crippen molar-refractivity contribution in [1.29, 1.82) is 0 Å². The third-order valence-corrected chi connectivity index (χ3v) is 2.27. The maximum Gasteiger partial charge on any atom is 0.272 e. The number of rotatable bonds is 3. The highest BCUT2D eigenvalue weighted by molar-refractivity contribution is 9.10. The quantitative estimate of drug-likeness (QED) is 0.668. The van der Waals surface area contributed by atoms with E-state index in [9.17, 15) is 10.1 Å². The van der Waals surface area contributed by atoms with Crippen LogP contribution in [0.5, 0.6) is 0 Å². The molecule has 0 bridgehead atoms. The zero-order valence-corrected chi connectivity index (χ0v) is 9.32. The molecule has 5 heteroatoms. The lowest BCUT2D eigenvalue weighted by atomic mass is 10.1. The summed E-state index contributed by atoms with van der Waals surface area (Å²) in [4.78, 5) is 10.3. The van der Waals surface area contributed by atoms with Crippen LogP contribution in [0.1, 0.15) is 12.5 Å². The highest BCUT2D eigenvalue weighted by atomic mass is 79.9. The number of nitrogens with two attached hydrogens (primary N) is 1. The molecule has 0 heterocycles. The molecule has 76 valence electrons. The van der Waals surface area contributed by atoms with Crippen LogP contribution in [0, 0.1) is 10.1 Å². The van der Waals surface area contributed by atoms with Gasteiger partial charge in [0.05, 0.1) is 4.92 Å². The fourth-order valence-corrected chi connectivity index (χ4v) is 1.65. The van der Waals surface area contributed by atoms with Crippen LogP contribution in [-0.2, 0) is 6.42 Å². The van der Waals surface area contributed by atoms with Gasteiger partial charge in [-0.1, -0.05) is 15.9 Å². The molecule has 4 nitrogen and oxygen atoms in total. The van der Waals surface area contributed by atoms with Gasteiger partial charge in [0.2, 0.25) is 0 Å². The molecule has 14 heavy (non-hydrogen) atoms. The van der Waals surface area contributed by atoms with Crippen LogP contribution in [0.15, 0.2) is 22.7 Å². The van der Waals surface area contributed by atoms with Crippen molar-refractivity contribution >= 4 is 21.6 Å². The van der Waals surface area contributed by atoms with Gasteiger partial charge in [-0.3, -0.25) is 10.1 Å². The molecule has 0 radical (unpaired) electrons. The summed E-state index contributed by atoms with van der Waals surface area (Å²) in [6, 6.07) is 4.80. The Bertz CT molecular complexity index is 353. The maximum absolute atomic E-state index is 10.7. The zero-order chi connectivity index (χ0) is 10.7. The van der Waals surface area contributed by atoms with E-state index in [4.69, 9.17) is 5.73 Å². The van der Waals surface area contributed by atoms with E-state index in [1.54, 1.807) is 12.1 Å². The highest BCUT2D eigenvalue weighted by Gasteiger charge is 2.14. The predicted octanol–water partition coefficient (Wildman–Crippen LogP) is 2.25. The van der Waals surface area contributed by atoms with Crippen molar-refractivity contribution in [1.82, 2.24) is 0 Å². The van der Waals surface area contributed by atoms with Gasteiger partial charge in [-0.15, -0.1) is 0 Å². The van der Waals surface area contributed by atoms with Crippen molar-refractivity contribution in [2.45, 2.75) is 19.4 Å². The van der Waals surface area contributed by atoms with Crippen molar-refractivity contribution in [3.05, 3.63) is 38.3 Å². The van der Waals surface area contributed by atoms with E-state index < -0.39 is 0 Å². The van der Waals surface area contributed by atoms with E-state index >= 15 is 0 Å². The van der Waals surface area contributed by atoms with Crippen molar-refractivity contribution in [3.8, 4) is 0 Å². The third-order valence-electron chi connectivity index (χ3n) is 1.78. The Morgan fingerprint density at radius 3 is 2.79 bits per heavy atom. The van der Waals surface area contributed by atoms with Gasteiger partial charge in [0.15, 0.2) is 0 Å². The molecule has 1 unspecified atom stereocenters. The molecular weight excluding hydrogens is 248 g/mol. The molecule has 0 aromatic heterocycles. The van der Waals surface area contributed by atoms with Crippen LogP contribution in [0.4, 0.5) is 5.69 Å². The molecule has 0 fully saturated rings. The number of nitrogens with zero attached hydrogens (tertiary/aromatic N) is 1. The Hall–Kier alpha value is -0.940. The number of hydrogen-bond donors (Lipinski definition) is 1. The molecule has 1 aromatic carbocycles. The fourth-order valence-electron chi connectivity index (χ4n) is 1.24. The van der Waals surface area contributed by atoms with Crippen molar-refractivity contribution in [2.75, 3.05) is 0 Å². The predicted molar refractivity (Wildman–Crippen MR) is 58.1 cm³/mol. The number of nitro groups is 1. The second-order valence-corrected chi connectivity index (χ2v) is 4.13. The van der Waals surface area contributed by atoms with Gasteiger partial charge in [-0.25, -0.2) is 0 Å². The molecular formula is C9H11BrN2O2. The number of halogens is 1. The van der Waals surface area contributed by atoms with E-state index in [-0.39, 0.29) is 16.7 Å². The normalized spacial score (nSPS) is 12.5. The van der Waals surface area contributed by atoms with Crippen LogP contribution >= 0.6 is 15.9 Å². The van der Waals surface area contributed by atoms with Gasteiger partial charge in [-0.05, 0) is 25.5 Å². The summed E-state index contributed by atoms with van der Waals surface area (Å²) < 4.78 is 0.832. The summed E-state index contributed by atoms with van der Waals surface area (Å²) in [6.07, 6.45) is 0.510. The molecule has 0 saturated carbocycles. The lowest BCUT2D eigenvalue weighted by molar-refractivity contribution is -0.385. The van der Waals surface area contributed by atoms with E-state index in [1.807, 2.05) is 6.92 Å². The second kappa shape index (κ2) is 4.52. The van der Waals surface area contributed by atoms with E-state index in [1.165, 1.54) is 6.07 Å². The number of nitro benzene ring substituents is 1. The van der Waals surface area contributed by atoms with Crippen molar-refractivity contribution in [2.24, 2.45) is 5.73 Å². The minimum absolute atomic E-state index is 0.0806. The summed E-state index contributed by atoms with van der Waals surface area (Å²) in [5.74, 6) is 0. The second-order valence-electron chi connectivity index (χ2n) is 3.21. The van der Waals surface area contributed by atoms with Crippen molar-refractivity contribution in [3.63, 3.8) is 0 Å². The molecule has 0 spiro atoms. The lowest BCUT2D eigenvalue weighted by Gasteiger charge is -2.06. The molecule has 0 aliphatic carbocycles. The summed E-state index contributed by atoms with van der Waals surface area (Å²) in [5, 5.41) is 10.7. The first kappa shape index (κ1) is 11.1. The van der Waals surface area contributed by atoms with Gasteiger partial charge < -0.3 is 5.73 Å². The molecule has 0 saturated heterocycles. The Kier molecular flexibility index (Phi) is 3.60. The highest BCUT2D eigenvalue weighted by Crippen LogP contribution is 2.23. The smallest absolute Gasteiger partial charge is 0.272 e. The minimum atomic E-state index is -0.385. The first-order chi connectivity index (χ1) is 6.50. The number of hydrogen-bond acceptors (Lipinski definition) is 3. The molecule has 0 aliphatic rings. The van der Waals surface area contributed by atoms with Gasteiger partial charge in [0.1, 0.15) is 0 Å². The molecule has 1 atom stereocenters. The van der Waals surface area contributed by atoms with Gasteiger partial charge >= 0.3 is 0 Å². The Labute approximate surface area is 90.4 Å². The van der Waals surface area contributed by atoms with Crippen LogP contribution < -0.4 is 5.73 Å². The average Bonchev–Trinajstić information content (AvgIpc) is 2.01. The van der Waals surface area contributed by atoms with Crippen molar-refractivity contribution < 1.29 is 4.92 Å². The summed E-state index contributed by atoms with van der Waals surface area (Å²) in [5.41, 5.74) is 6.40. The molecule has 0 amide bonds. The molecule has 1 aromatic rings.